The van der Waals surface area contributed by atoms with Gasteiger partial charge in [-0.2, -0.15) is 0 Å². The van der Waals surface area contributed by atoms with Crippen molar-refractivity contribution in [2.24, 2.45) is 5.92 Å². The quantitative estimate of drug-likeness (QED) is 0.553. The molecule has 2 aromatic rings. The van der Waals surface area contributed by atoms with Crippen LogP contribution >= 0.6 is 20.2 Å². The van der Waals surface area contributed by atoms with Crippen molar-refractivity contribution in [1.29, 1.82) is 0 Å². The second kappa shape index (κ2) is 10.4. The molecule has 0 aromatic heterocycles. The topological polar surface area (TPSA) is 26.3 Å². The Morgan fingerprint density at radius 2 is 1.92 bits per heavy atom. The molecule has 25 heavy (non-hydrogen) atoms. The van der Waals surface area contributed by atoms with E-state index in [0.29, 0.717) is 16.5 Å². The molecule has 0 spiro atoms. The van der Waals surface area contributed by atoms with Gasteiger partial charge in [-0.3, -0.25) is 4.79 Å². The maximum absolute atomic E-state index is 12.6. The average Bonchev–Trinajstić information content (AvgIpc) is 2.49. The standard InChI is InChI=1S/C20H24ClO2P.Li.H/c1-13(2)10-11-23-16-8-9-18(15(4)12-16)24-20(22)19-14(3)6-5-7-17(19)21;;/h5-9,12-13,24H,10-11H2,1-4H3;;/q;+1;-1. The van der Waals surface area contributed by atoms with Crippen LogP contribution in [0, 0.1) is 19.8 Å². The summed E-state index contributed by atoms with van der Waals surface area (Å²) in [5.74, 6) is 1.49. The predicted molar refractivity (Wildman–Crippen MR) is 106 cm³/mol. The van der Waals surface area contributed by atoms with Crippen molar-refractivity contribution in [2.45, 2.75) is 34.1 Å². The minimum Gasteiger partial charge on any atom is -1.00 e. The summed E-state index contributed by atoms with van der Waals surface area (Å²) < 4.78 is 5.78. The van der Waals surface area contributed by atoms with Gasteiger partial charge >= 0.3 is 18.9 Å². The Kier molecular flexibility index (Phi) is 9.26. The molecule has 0 aliphatic carbocycles. The zero-order valence-corrected chi connectivity index (χ0v) is 17.4. The SMILES string of the molecule is Cc1cc(OCCC(C)C)ccc1PC(=O)c1c(C)cccc1Cl.[H-].[Li+]. The number of carbonyl (C=O) groups excluding carboxylic acids is 1. The third-order valence-electron chi connectivity index (χ3n) is 3.86. The molecule has 0 saturated heterocycles. The van der Waals surface area contributed by atoms with Crippen LogP contribution in [0.5, 0.6) is 5.75 Å². The summed E-state index contributed by atoms with van der Waals surface area (Å²) in [5.41, 5.74) is 2.71. The monoisotopic (exact) mass is 370 g/mol. The normalized spacial score (nSPS) is 11.0. The van der Waals surface area contributed by atoms with Gasteiger partial charge in [-0.05, 0) is 69.4 Å². The molecule has 0 bridgehead atoms. The first kappa shape index (κ1) is 22.3. The number of hydrogen-bond donors (Lipinski definition) is 0. The van der Waals surface area contributed by atoms with E-state index in [9.17, 15) is 4.79 Å². The Balaban J connectivity index is 0.00000312. The summed E-state index contributed by atoms with van der Waals surface area (Å²) in [6.07, 6.45) is 1.03. The molecule has 0 aliphatic heterocycles. The number of hydrogen-bond acceptors (Lipinski definition) is 2. The van der Waals surface area contributed by atoms with Crippen LogP contribution in [-0.2, 0) is 0 Å². The fourth-order valence-electron chi connectivity index (χ4n) is 2.38. The number of rotatable bonds is 7. The maximum Gasteiger partial charge on any atom is 1.00 e. The van der Waals surface area contributed by atoms with Crippen LogP contribution in [0.3, 0.4) is 0 Å². The molecule has 0 radical (unpaired) electrons. The summed E-state index contributed by atoms with van der Waals surface area (Å²) in [6.45, 7) is 9.02. The van der Waals surface area contributed by atoms with Crippen LogP contribution in [-0.4, -0.2) is 12.1 Å². The minimum atomic E-state index is 0. The van der Waals surface area contributed by atoms with Crippen LogP contribution in [0.2, 0.25) is 5.02 Å². The van der Waals surface area contributed by atoms with Crippen molar-refractivity contribution in [3.63, 3.8) is 0 Å². The van der Waals surface area contributed by atoms with E-state index in [1.165, 1.54) is 0 Å². The van der Waals surface area contributed by atoms with Crippen molar-refractivity contribution in [3.8, 4) is 5.75 Å². The maximum atomic E-state index is 12.6. The Morgan fingerprint density at radius 3 is 2.52 bits per heavy atom. The molecule has 2 aromatic carbocycles. The molecule has 5 heteroatoms. The molecule has 0 amide bonds. The number of benzene rings is 2. The third-order valence-corrected chi connectivity index (χ3v) is 5.48. The van der Waals surface area contributed by atoms with E-state index in [0.717, 1.165) is 35.2 Å². The van der Waals surface area contributed by atoms with Gasteiger partial charge in [0.2, 0.25) is 0 Å². The summed E-state index contributed by atoms with van der Waals surface area (Å²) in [7, 11) is 0.0631. The van der Waals surface area contributed by atoms with Gasteiger partial charge in [0.05, 0.1) is 11.6 Å². The largest absolute Gasteiger partial charge is 1.00 e. The van der Waals surface area contributed by atoms with E-state index in [2.05, 4.69) is 13.8 Å². The Labute approximate surface area is 171 Å². The Morgan fingerprint density at radius 1 is 1.20 bits per heavy atom. The number of carbonyl (C=O) groups is 1. The van der Waals surface area contributed by atoms with E-state index >= 15 is 0 Å². The first-order valence-corrected chi connectivity index (χ1v) is 9.56. The fourth-order valence-corrected chi connectivity index (χ4v) is 3.91. The Hall–Kier alpha value is -0.773. The van der Waals surface area contributed by atoms with Gasteiger partial charge in [0.1, 0.15) is 5.75 Å². The molecule has 2 rings (SSSR count). The second-order valence-electron chi connectivity index (χ2n) is 6.39. The van der Waals surface area contributed by atoms with E-state index in [-0.39, 0.29) is 34.4 Å². The minimum absolute atomic E-state index is 0. The second-order valence-corrected chi connectivity index (χ2v) is 8.04. The van der Waals surface area contributed by atoms with Crippen LogP contribution < -0.4 is 28.9 Å². The third kappa shape index (κ3) is 6.47. The van der Waals surface area contributed by atoms with E-state index in [1.807, 2.05) is 44.2 Å². The summed E-state index contributed by atoms with van der Waals surface area (Å²) in [5, 5.41) is 1.56. The predicted octanol–water partition coefficient (Wildman–Crippen LogP) is 2.64. The smallest absolute Gasteiger partial charge is 1.00 e. The molecule has 0 saturated carbocycles. The fraction of sp³-hybridized carbons (Fsp3) is 0.350. The molecule has 0 heterocycles. The molecular formula is C20H25ClLiO2P. The van der Waals surface area contributed by atoms with Crippen molar-refractivity contribution < 1.29 is 29.8 Å². The van der Waals surface area contributed by atoms with Gasteiger partial charge < -0.3 is 6.16 Å². The molecule has 0 fully saturated rings. The van der Waals surface area contributed by atoms with E-state index in [4.69, 9.17) is 16.3 Å². The van der Waals surface area contributed by atoms with Gasteiger partial charge in [-0.25, -0.2) is 0 Å². The van der Waals surface area contributed by atoms with Crippen molar-refractivity contribution in [3.05, 3.63) is 58.1 Å². The zero-order valence-electron chi connectivity index (χ0n) is 16.7. The molecule has 0 aliphatic rings. The summed E-state index contributed by atoms with van der Waals surface area (Å²) in [6, 6.07) is 11.5. The summed E-state index contributed by atoms with van der Waals surface area (Å²) >= 11 is 6.20. The van der Waals surface area contributed by atoms with E-state index < -0.39 is 0 Å². The number of aryl methyl sites for hydroxylation is 2. The average molecular weight is 371 g/mol. The number of halogens is 1. The molecule has 0 N–H and O–H groups in total. The molecule has 130 valence electrons. The van der Waals surface area contributed by atoms with Gasteiger partial charge in [0, 0.05) is 5.56 Å². The first-order valence-electron chi connectivity index (χ1n) is 8.18. The van der Waals surface area contributed by atoms with Gasteiger partial charge in [0.15, 0.2) is 5.52 Å². The van der Waals surface area contributed by atoms with Crippen molar-refractivity contribution >= 4 is 31.0 Å². The molecular weight excluding hydrogens is 346 g/mol. The number of ether oxygens (including phenoxy) is 1. The van der Waals surface area contributed by atoms with E-state index in [1.54, 1.807) is 6.07 Å². The van der Waals surface area contributed by atoms with Crippen LogP contribution in [0.1, 0.15) is 43.2 Å². The first-order chi connectivity index (χ1) is 11.4. The molecule has 1 unspecified atom stereocenters. The van der Waals surface area contributed by atoms with Crippen molar-refractivity contribution in [2.75, 3.05) is 6.61 Å². The van der Waals surface area contributed by atoms with Gasteiger partial charge in [0.25, 0.3) is 0 Å². The molecule has 1 atom stereocenters. The Bertz CT molecular complexity index is 717. The zero-order chi connectivity index (χ0) is 17.7. The van der Waals surface area contributed by atoms with Crippen LogP contribution in [0.4, 0.5) is 0 Å². The van der Waals surface area contributed by atoms with Crippen LogP contribution in [0.25, 0.3) is 0 Å². The van der Waals surface area contributed by atoms with Crippen molar-refractivity contribution in [1.82, 2.24) is 0 Å². The van der Waals surface area contributed by atoms with Crippen LogP contribution in [0.15, 0.2) is 36.4 Å². The van der Waals surface area contributed by atoms with Gasteiger partial charge in [-0.15, -0.1) is 0 Å². The summed E-state index contributed by atoms with van der Waals surface area (Å²) in [4.78, 5) is 12.6. The molecule has 2 nitrogen and oxygen atoms in total. The van der Waals surface area contributed by atoms with Gasteiger partial charge in [-0.1, -0.05) is 43.6 Å².